The summed E-state index contributed by atoms with van der Waals surface area (Å²) >= 11 is 0. The van der Waals surface area contributed by atoms with Crippen LogP contribution in [0.5, 0.6) is 5.75 Å². The van der Waals surface area contributed by atoms with E-state index in [0.717, 1.165) is 22.4 Å². The van der Waals surface area contributed by atoms with Crippen LogP contribution in [-0.2, 0) is 9.59 Å². The van der Waals surface area contributed by atoms with Gasteiger partial charge in [-0.05, 0) is 37.1 Å². The van der Waals surface area contributed by atoms with Gasteiger partial charge in [-0.3, -0.25) is 9.59 Å². The Morgan fingerprint density at radius 3 is 2.32 bits per heavy atom. The number of hydrazone groups is 1. The van der Waals surface area contributed by atoms with E-state index in [1.54, 1.807) is 13.0 Å². The Kier molecular flexibility index (Phi) is 7.54. The van der Waals surface area contributed by atoms with Crippen LogP contribution >= 0.6 is 0 Å². The molecule has 3 aromatic rings. The first kappa shape index (κ1) is 21.8. The topological polar surface area (TPSA) is 79.8 Å². The molecule has 2 N–H and O–H groups in total. The molecule has 0 heterocycles. The van der Waals surface area contributed by atoms with Crippen molar-refractivity contribution in [2.45, 2.75) is 20.3 Å². The summed E-state index contributed by atoms with van der Waals surface area (Å²) in [6.45, 7) is 3.44. The zero-order valence-corrected chi connectivity index (χ0v) is 17.6. The van der Waals surface area contributed by atoms with E-state index in [1.165, 1.54) is 0 Å². The van der Waals surface area contributed by atoms with Crippen LogP contribution in [0.2, 0.25) is 0 Å². The summed E-state index contributed by atoms with van der Waals surface area (Å²) in [4.78, 5) is 24.4. The minimum atomic E-state index is -0.391. The molecule has 0 atom stereocenters. The fourth-order valence-electron chi connectivity index (χ4n) is 2.98. The van der Waals surface area contributed by atoms with E-state index in [1.807, 2.05) is 79.7 Å². The molecule has 0 fully saturated rings. The first-order chi connectivity index (χ1) is 15.0. The third-order valence-corrected chi connectivity index (χ3v) is 4.53. The first-order valence-corrected chi connectivity index (χ1v) is 9.97. The van der Waals surface area contributed by atoms with Gasteiger partial charge in [0.25, 0.3) is 5.91 Å². The van der Waals surface area contributed by atoms with E-state index in [9.17, 15) is 9.59 Å². The molecular weight excluding hydrogens is 390 g/mol. The third kappa shape index (κ3) is 6.54. The van der Waals surface area contributed by atoms with Gasteiger partial charge >= 0.3 is 0 Å². The fraction of sp³-hybridized carbons (Fsp3) is 0.160. The molecule has 0 spiro atoms. The quantitative estimate of drug-likeness (QED) is 0.418. The lowest BCUT2D eigenvalue weighted by Crippen LogP contribution is -2.26. The number of nitrogens with one attached hydrogen (secondary N) is 2. The number of carbonyl (C=O) groups is 2. The van der Waals surface area contributed by atoms with Gasteiger partial charge in [-0.25, -0.2) is 5.43 Å². The van der Waals surface area contributed by atoms with Crippen LogP contribution < -0.4 is 15.5 Å². The Balaban J connectivity index is 1.52. The minimum absolute atomic E-state index is 0.0576. The molecule has 0 aromatic heterocycles. The highest BCUT2D eigenvalue weighted by Gasteiger charge is 2.10. The van der Waals surface area contributed by atoms with Crippen molar-refractivity contribution in [2.75, 3.05) is 11.9 Å². The predicted octanol–water partition coefficient (Wildman–Crippen LogP) is 4.56. The summed E-state index contributed by atoms with van der Waals surface area (Å²) in [6, 6.07) is 24.9. The molecule has 2 amide bonds. The second-order valence-corrected chi connectivity index (χ2v) is 7.07. The summed E-state index contributed by atoms with van der Waals surface area (Å²) in [5.41, 5.74) is 6.53. The molecule has 0 radical (unpaired) electrons. The highest BCUT2D eigenvalue weighted by Crippen LogP contribution is 2.27. The predicted molar refractivity (Wildman–Crippen MR) is 123 cm³/mol. The lowest BCUT2D eigenvalue weighted by molar-refractivity contribution is -0.123. The zero-order chi connectivity index (χ0) is 22.1. The van der Waals surface area contributed by atoms with Crippen molar-refractivity contribution in [3.63, 3.8) is 0 Å². The number of anilines is 1. The van der Waals surface area contributed by atoms with Crippen molar-refractivity contribution in [3.8, 4) is 16.9 Å². The van der Waals surface area contributed by atoms with E-state index >= 15 is 0 Å². The standard InChI is InChI=1S/C25H25N3O3/c1-18-10-6-9-15-23(18)31-17-25(30)28-27-19(2)16-24(29)26-22-14-8-7-13-21(22)20-11-4-3-5-12-20/h3-15H,16-17H2,1-2H3,(H,26,29)(H,28,30)/b27-19+. The summed E-state index contributed by atoms with van der Waals surface area (Å²) in [6.07, 6.45) is 0.0576. The van der Waals surface area contributed by atoms with Crippen LogP contribution in [0.3, 0.4) is 0 Å². The van der Waals surface area contributed by atoms with Crippen LogP contribution in [0, 0.1) is 6.92 Å². The van der Waals surface area contributed by atoms with Crippen molar-refractivity contribution >= 4 is 23.2 Å². The van der Waals surface area contributed by atoms with Gasteiger partial charge in [0.15, 0.2) is 6.61 Å². The van der Waals surface area contributed by atoms with Crippen molar-refractivity contribution in [3.05, 3.63) is 84.4 Å². The molecule has 0 unspecified atom stereocenters. The molecule has 0 aliphatic heterocycles. The van der Waals surface area contributed by atoms with Crippen LogP contribution in [0.1, 0.15) is 18.9 Å². The minimum Gasteiger partial charge on any atom is -0.483 e. The van der Waals surface area contributed by atoms with Crippen molar-refractivity contribution < 1.29 is 14.3 Å². The Hall–Kier alpha value is -3.93. The molecule has 6 nitrogen and oxygen atoms in total. The van der Waals surface area contributed by atoms with E-state index in [-0.39, 0.29) is 18.9 Å². The highest BCUT2D eigenvalue weighted by atomic mass is 16.5. The van der Waals surface area contributed by atoms with E-state index in [2.05, 4.69) is 15.8 Å². The molecule has 0 bridgehead atoms. The van der Waals surface area contributed by atoms with Gasteiger partial charge in [-0.1, -0.05) is 66.7 Å². The number of amides is 2. The second-order valence-electron chi connectivity index (χ2n) is 7.07. The Morgan fingerprint density at radius 2 is 1.55 bits per heavy atom. The lowest BCUT2D eigenvalue weighted by Gasteiger charge is -2.11. The number of hydrogen-bond donors (Lipinski definition) is 2. The van der Waals surface area contributed by atoms with Gasteiger partial charge in [0.2, 0.25) is 5.91 Å². The molecule has 0 saturated heterocycles. The zero-order valence-electron chi connectivity index (χ0n) is 17.6. The van der Waals surface area contributed by atoms with Gasteiger partial charge in [-0.15, -0.1) is 0 Å². The lowest BCUT2D eigenvalue weighted by atomic mass is 10.0. The van der Waals surface area contributed by atoms with Crippen LogP contribution in [0.15, 0.2) is 84.0 Å². The van der Waals surface area contributed by atoms with Crippen molar-refractivity contribution in [1.29, 1.82) is 0 Å². The number of benzene rings is 3. The fourth-order valence-corrected chi connectivity index (χ4v) is 2.98. The van der Waals surface area contributed by atoms with Crippen LogP contribution in [0.4, 0.5) is 5.69 Å². The van der Waals surface area contributed by atoms with E-state index < -0.39 is 5.91 Å². The summed E-state index contributed by atoms with van der Waals surface area (Å²) in [7, 11) is 0. The molecule has 0 saturated carbocycles. The van der Waals surface area contributed by atoms with Crippen molar-refractivity contribution in [1.82, 2.24) is 5.43 Å². The van der Waals surface area contributed by atoms with Gasteiger partial charge in [0, 0.05) is 17.0 Å². The van der Waals surface area contributed by atoms with E-state index in [4.69, 9.17) is 4.74 Å². The van der Waals surface area contributed by atoms with Gasteiger partial charge < -0.3 is 10.1 Å². The average Bonchev–Trinajstić information content (AvgIpc) is 2.78. The number of carbonyl (C=O) groups excluding carboxylic acids is 2. The van der Waals surface area contributed by atoms with Crippen LogP contribution in [0.25, 0.3) is 11.1 Å². The highest BCUT2D eigenvalue weighted by molar-refractivity contribution is 6.07. The van der Waals surface area contributed by atoms with E-state index in [0.29, 0.717) is 11.5 Å². The maximum Gasteiger partial charge on any atom is 0.277 e. The van der Waals surface area contributed by atoms with Crippen LogP contribution in [-0.4, -0.2) is 24.1 Å². The third-order valence-electron chi connectivity index (χ3n) is 4.53. The Labute approximate surface area is 182 Å². The molecule has 0 aliphatic carbocycles. The number of para-hydroxylation sites is 2. The Bertz CT molecular complexity index is 1080. The smallest absolute Gasteiger partial charge is 0.277 e. The average molecular weight is 415 g/mol. The molecule has 0 aliphatic rings. The van der Waals surface area contributed by atoms with Gasteiger partial charge in [0.1, 0.15) is 5.75 Å². The number of hydrogen-bond acceptors (Lipinski definition) is 4. The molecule has 3 aromatic carbocycles. The first-order valence-electron chi connectivity index (χ1n) is 9.97. The number of ether oxygens (including phenoxy) is 1. The molecule has 158 valence electrons. The largest absolute Gasteiger partial charge is 0.483 e. The molecular formula is C25H25N3O3. The maximum absolute atomic E-state index is 12.5. The number of aryl methyl sites for hydroxylation is 1. The molecule has 6 heteroatoms. The Morgan fingerprint density at radius 1 is 0.871 bits per heavy atom. The number of nitrogens with zero attached hydrogens (tertiary/aromatic N) is 1. The normalized spacial score (nSPS) is 11.0. The molecule has 31 heavy (non-hydrogen) atoms. The maximum atomic E-state index is 12.5. The van der Waals surface area contributed by atoms with Gasteiger partial charge in [0.05, 0.1) is 6.42 Å². The van der Waals surface area contributed by atoms with Crippen molar-refractivity contribution in [2.24, 2.45) is 5.10 Å². The monoisotopic (exact) mass is 415 g/mol. The van der Waals surface area contributed by atoms with Gasteiger partial charge in [-0.2, -0.15) is 5.10 Å². The second kappa shape index (κ2) is 10.7. The summed E-state index contributed by atoms with van der Waals surface area (Å²) in [5, 5.41) is 6.92. The summed E-state index contributed by atoms with van der Waals surface area (Å²) < 4.78 is 5.49. The SMILES string of the molecule is C/C(CC(=O)Nc1ccccc1-c1ccccc1)=N\NC(=O)COc1ccccc1C. The molecule has 3 rings (SSSR count). The number of rotatable bonds is 8. The summed E-state index contributed by atoms with van der Waals surface area (Å²) in [5.74, 6) is 0.0438.